The van der Waals surface area contributed by atoms with E-state index < -0.39 is 0 Å². The first-order chi connectivity index (χ1) is 3.70. The molecule has 0 amide bonds. The van der Waals surface area contributed by atoms with Crippen molar-refractivity contribution in [2.75, 3.05) is 20.6 Å². The molecule has 1 heteroatoms. The Bertz CT molecular complexity index is 78.5. The summed E-state index contributed by atoms with van der Waals surface area (Å²) in [5.74, 6) is 2.03. The van der Waals surface area contributed by atoms with E-state index in [4.69, 9.17) is 0 Å². The van der Waals surface area contributed by atoms with E-state index in [1.54, 1.807) is 0 Å². The molecule has 0 aliphatic heterocycles. The molecular weight excluding hydrogens is 98.1 g/mol. The van der Waals surface area contributed by atoms with Crippen LogP contribution in [0.15, 0.2) is 0 Å². The van der Waals surface area contributed by atoms with E-state index in [1.807, 2.05) is 0 Å². The highest BCUT2D eigenvalue weighted by atomic mass is 15.1. The van der Waals surface area contributed by atoms with Gasteiger partial charge in [0.2, 0.25) is 0 Å². The summed E-state index contributed by atoms with van der Waals surface area (Å²) in [6.07, 6.45) is 1.46. The smallest absolute Gasteiger partial charge is 0.000621 e. The molecule has 0 aromatic heterocycles. The third-order valence-corrected chi connectivity index (χ3v) is 1.88. The highest BCUT2D eigenvalue weighted by Gasteiger charge is 2.32. The van der Waals surface area contributed by atoms with Crippen molar-refractivity contribution in [1.29, 1.82) is 0 Å². The van der Waals surface area contributed by atoms with Crippen molar-refractivity contribution >= 4 is 0 Å². The van der Waals surface area contributed by atoms with E-state index in [9.17, 15) is 0 Å². The summed E-state index contributed by atoms with van der Waals surface area (Å²) in [7, 11) is 4.29. The molecule has 0 N–H and O–H groups in total. The minimum atomic E-state index is 1.01. The predicted molar refractivity (Wildman–Crippen MR) is 35.8 cm³/mol. The van der Waals surface area contributed by atoms with Crippen LogP contribution in [0, 0.1) is 11.8 Å². The molecule has 0 radical (unpaired) electrons. The SMILES string of the molecule is C[C@@H]1C[C@H]1CN(C)C. The fraction of sp³-hybridized carbons (Fsp3) is 1.00. The Hall–Kier alpha value is -0.0400. The molecule has 1 saturated carbocycles. The number of hydrogen-bond donors (Lipinski definition) is 0. The zero-order chi connectivity index (χ0) is 6.15. The van der Waals surface area contributed by atoms with Crippen molar-refractivity contribution in [2.24, 2.45) is 11.8 Å². The summed E-state index contributed by atoms with van der Waals surface area (Å²) in [5, 5.41) is 0. The second kappa shape index (κ2) is 2.06. The zero-order valence-corrected chi connectivity index (χ0v) is 6.02. The Morgan fingerprint density at radius 1 is 1.50 bits per heavy atom. The average molecular weight is 113 g/mol. The van der Waals surface area contributed by atoms with Crippen molar-refractivity contribution in [3.8, 4) is 0 Å². The van der Waals surface area contributed by atoms with Gasteiger partial charge in [-0.3, -0.25) is 0 Å². The van der Waals surface area contributed by atoms with Crippen LogP contribution in [0.4, 0.5) is 0 Å². The van der Waals surface area contributed by atoms with Crippen LogP contribution in [0.2, 0.25) is 0 Å². The average Bonchev–Trinajstić information content (AvgIpc) is 2.17. The topological polar surface area (TPSA) is 3.24 Å². The standard InChI is InChI=1S/C7H15N/c1-6-4-7(6)5-8(2)3/h6-7H,4-5H2,1-3H3/t6-,7+/m1/s1. The lowest BCUT2D eigenvalue weighted by molar-refractivity contribution is 0.381. The van der Waals surface area contributed by atoms with Crippen LogP contribution in [0.5, 0.6) is 0 Å². The van der Waals surface area contributed by atoms with Gasteiger partial charge in [-0.1, -0.05) is 6.92 Å². The van der Waals surface area contributed by atoms with Crippen LogP contribution >= 0.6 is 0 Å². The third-order valence-electron chi connectivity index (χ3n) is 1.88. The first-order valence-corrected chi connectivity index (χ1v) is 3.35. The molecular formula is C7H15N. The maximum absolute atomic E-state index is 2.33. The molecule has 0 aromatic rings. The Kier molecular flexibility index (Phi) is 1.57. The predicted octanol–water partition coefficient (Wildman–Crippen LogP) is 1.20. The van der Waals surface area contributed by atoms with E-state index in [0.29, 0.717) is 0 Å². The van der Waals surface area contributed by atoms with Crippen LogP contribution in [-0.2, 0) is 0 Å². The van der Waals surface area contributed by atoms with Crippen LogP contribution in [0.1, 0.15) is 13.3 Å². The zero-order valence-electron chi connectivity index (χ0n) is 6.02. The van der Waals surface area contributed by atoms with Crippen LogP contribution < -0.4 is 0 Å². The van der Waals surface area contributed by atoms with Gasteiger partial charge in [-0.25, -0.2) is 0 Å². The van der Waals surface area contributed by atoms with Gasteiger partial charge in [0.25, 0.3) is 0 Å². The van der Waals surface area contributed by atoms with Gasteiger partial charge in [0.1, 0.15) is 0 Å². The van der Waals surface area contributed by atoms with Crippen molar-refractivity contribution < 1.29 is 0 Å². The summed E-state index contributed by atoms with van der Waals surface area (Å²) in [6, 6.07) is 0. The monoisotopic (exact) mass is 113 g/mol. The molecule has 48 valence electrons. The molecule has 0 aromatic carbocycles. The van der Waals surface area contributed by atoms with Gasteiger partial charge in [-0.05, 0) is 32.4 Å². The maximum atomic E-state index is 2.33. The molecule has 0 saturated heterocycles. The van der Waals surface area contributed by atoms with Gasteiger partial charge in [-0.15, -0.1) is 0 Å². The molecule has 2 atom stereocenters. The molecule has 8 heavy (non-hydrogen) atoms. The fourth-order valence-corrected chi connectivity index (χ4v) is 1.12. The molecule has 1 nitrogen and oxygen atoms in total. The second-order valence-corrected chi connectivity index (χ2v) is 3.24. The van der Waals surface area contributed by atoms with Gasteiger partial charge in [0.15, 0.2) is 0 Å². The van der Waals surface area contributed by atoms with Gasteiger partial charge >= 0.3 is 0 Å². The van der Waals surface area contributed by atoms with Gasteiger partial charge in [0, 0.05) is 6.54 Å². The summed E-state index contributed by atoms with van der Waals surface area (Å²) in [6.45, 7) is 3.62. The second-order valence-electron chi connectivity index (χ2n) is 3.24. The summed E-state index contributed by atoms with van der Waals surface area (Å²) in [5.41, 5.74) is 0. The summed E-state index contributed by atoms with van der Waals surface area (Å²) >= 11 is 0. The van der Waals surface area contributed by atoms with Crippen LogP contribution in [-0.4, -0.2) is 25.5 Å². The highest BCUT2D eigenvalue weighted by molar-refractivity contribution is 4.83. The van der Waals surface area contributed by atoms with E-state index in [1.165, 1.54) is 13.0 Å². The lowest BCUT2D eigenvalue weighted by Crippen LogP contribution is -2.14. The first-order valence-electron chi connectivity index (χ1n) is 3.35. The molecule has 0 bridgehead atoms. The first kappa shape index (κ1) is 6.09. The number of hydrogen-bond acceptors (Lipinski definition) is 1. The maximum Gasteiger partial charge on any atom is 0.000621 e. The van der Waals surface area contributed by atoms with E-state index in [2.05, 4.69) is 25.9 Å². The fourth-order valence-electron chi connectivity index (χ4n) is 1.12. The van der Waals surface area contributed by atoms with Crippen LogP contribution in [0.3, 0.4) is 0 Å². The lowest BCUT2D eigenvalue weighted by Gasteiger charge is -2.06. The molecule has 1 aliphatic carbocycles. The van der Waals surface area contributed by atoms with Gasteiger partial charge < -0.3 is 4.90 Å². The lowest BCUT2D eigenvalue weighted by atomic mass is 10.3. The van der Waals surface area contributed by atoms with Crippen molar-refractivity contribution in [3.05, 3.63) is 0 Å². The Morgan fingerprint density at radius 3 is 2.12 bits per heavy atom. The molecule has 1 fully saturated rings. The molecule has 1 aliphatic rings. The number of rotatable bonds is 2. The molecule has 0 heterocycles. The minimum absolute atomic E-state index is 1.01. The molecule has 1 rings (SSSR count). The van der Waals surface area contributed by atoms with Crippen molar-refractivity contribution in [1.82, 2.24) is 4.90 Å². The van der Waals surface area contributed by atoms with Gasteiger partial charge in [0.05, 0.1) is 0 Å². The third kappa shape index (κ3) is 1.48. The van der Waals surface area contributed by atoms with Crippen molar-refractivity contribution in [2.45, 2.75) is 13.3 Å². The molecule has 0 unspecified atom stereocenters. The largest absolute Gasteiger partial charge is 0.309 e. The number of nitrogens with zero attached hydrogens (tertiary/aromatic N) is 1. The van der Waals surface area contributed by atoms with E-state index in [0.717, 1.165) is 11.8 Å². The Balaban J connectivity index is 2.05. The van der Waals surface area contributed by atoms with E-state index >= 15 is 0 Å². The van der Waals surface area contributed by atoms with Gasteiger partial charge in [-0.2, -0.15) is 0 Å². The van der Waals surface area contributed by atoms with Crippen molar-refractivity contribution in [3.63, 3.8) is 0 Å². The normalized spacial score (nSPS) is 36.0. The van der Waals surface area contributed by atoms with Crippen LogP contribution in [0.25, 0.3) is 0 Å². The summed E-state index contributed by atoms with van der Waals surface area (Å²) < 4.78 is 0. The Morgan fingerprint density at radius 2 is 2.00 bits per heavy atom. The van der Waals surface area contributed by atoms with E-state index in [-0.39, 0.29) is 0 Å². The summed E-state index contributed by atoms with van der Waals surface area (Å²) in [4.78, 5) is 2.27. The minimum Gasteiger partial charge on any atom is -0.309 e. The highest BCUT2D eigenvalue weighted by Crippen LogP contribution is 2.37. The quantitative estimate of drug-likeness (QED) is 0.520. The Labute approximate surface area is 51.7 Å². The molecule has 0 spiro atoms.